The second-order valence-electron chi connectivity index (χ2n) is 9.88. The smallest absolute Gasteiger partial charge is 0.268 e. The average Bonchev–Trinajstić information content (AvgIpc) is 3.50. The summed E-state index contributed by atoms with van der Waals surface area (Å²) < 4.78 is 44.8. The van der Waals surface area contributed by atoms with Crippen LogP contribution in [-0.4, -0.2) is 83.7 Å². The van der Waals surface area contributed by atoms with Crippen LogP contribution in [0.2, 0.25) is 0 Å². The molecule has 1 amide bonds. The first kappa shape index (κ1) is 28.6. The van der Waals surface area contributed by atoms with Gasteiger partial charge in [0.2, 0.25) is 10.0 Å². The molecule has 0 unspecified atom stereocenters. The monoisotopic (exact) mass is 526 g/mol. The Kier molecular flexibility index (Phi) is 10.8. The quantitative estimate of drug-likeness (QED) is 0.249. The lowest BCUT2D eigenvalue weighted by atomic mass is 10.1. The minimum atomic E-state index is -3.41. The van der Waals surface area contributed by atoms with Gasteiger partial charge >= 0.3 is 0 Å². The highest BCUT2D eigenvalue weighted by Crippen LogP contribution is 2.29. The molecular weight excluding hydrogens is 484 g/mol. The van der Waals surface area contributed by atoms with Crippen molar-refractivity contribution in [1.29, 1.82) is 0 Å². The number of rotatable bonds is 14. The van der Waals surface area contributed by atoms with Gasteiger partial charge in [0, 0.05) is 44.8 Å². The molecule has 1 aromatic carbocycles. The van der Waals surface area contributed by atoms with Gasteiger partial charge in [0.1, 0.15) is 0 Å². The van der Waals surface area contributed by atoms with E-state index >= 15 is 0 Å². The summed E-state index contributed by atoms with van der Waals surface area (Å²) in [5, 5.41) is 4.81. The van der Waals surface area contributed by atoms with Crippen molar-refractivity contribution < 1.29 is 27.4 Å². The van der Waals surface area contributed by atoms with Crippen molar-refractivity contribution in [1.82, 2.24) is 20.5 Å². The van der Waals surface area contributed by atoms with Gasteiger partial charge in [0.25, 0.3) is 5.91 Å². The number of benzene rings is 1. The number of hydrogen-bond acceptors (Lipinski definition) is 8. The van der Waals surface area contributed by atoms with Gasteiger partial charge < -0.3 is 19.5 Å². The van der Waals surface area contributed by atoms with Crippen LogP contribution in [0.15, 0.2) is 18.2 Å². The molecule has 0 aromatic heterocycles. The highest BCUT2D eigenvalue weighted by molar-refractivity contribution is 7.89. The summed E-state index contributed by atoms with van der Waals surface area (Å²) in [6.45, 7) is 5.89. The molecule has 2 atom stereocenters. The van der Waals surface area contributed by atoms with Gasteiger partial charge in [-0.3, -0.25) is 9.80 Å². The van der Waals surface area contributed by atoms with Crippen molar-refractivity contribution in [2.45, 2.75) is 64.1 Å². The van der Waals surface area contributed by atoms with Crippen LogP contribution in [-0.2, 0) is 14.8 Å². The number of sulfonamides is 1. The number of carbonyl (C=O) groups excluding carboxylic acids is 1. The van der Waals surface area contributed by atoms with Crippen LogP contribution in [0.3, 0.4) is 0 Å². The normalized spacial score (nSPS) is 20.7. The third-order valence-corrected chi connectivity index (χ3v) is 8.25. The zero-order chi connectivity index (χ0) is 26.1. The molecular formula is C25H42N4O6S. The molecule has 3 rings (SSSR count). The van der Waals surface area contributed by atoms with Crippen molar-refractivity contribution in [2.75, 3.05) is 46.3 Å². The molecule has 1 saturated carbocycles. The molecule has 36 heavy (non-hydrogen) atoms. The van der Waals surface area contributed by atoms with Gasteiger partial charge in [-0.15, -0.1) is 0 Å². The molecule has 3 N–H and O–H groups in total. The van der Waals surface area contributed by atoms with Crippen molar-refractivity contribution in [3.05, 3.63) is 23.8 Å². The van der Waals surface area contributed by atoms with Crippen LogP contribution < -0.4 is 24.9 Å². The van der Waals surface area contributed by atoms with Crippen molar-refractivity contribution in [3.8, 4) is 11.5 Å². The maximum Gasteiger partial charge on any atom is 0.268 e. The van der Waals surface area contributed by atoms with Gasteiger partial charge in [-0.05, 0) is 50.8 Å². The topological polar surface area (TPSA) is 118 Å². The first-order chi connectivity index (χ1) is 17.2. The molecule has 2 aliphatic rings. The molecule has 1 aliphatic carbocycles. The lowest BCUT2D eigenvalue weighted by molar-refractivity contribution is 0.0532. The molecule has 1 saturated heterocycles. The molecule has 11 heteroatoms. The van der Waals surface area contributed by atoms with Crippen molar-refractivity contribution in [2.24, 2.45) is 5.92 Å². The maximum absolute atomic E-state index is 13.5. The second-order valence-corrected chi connectivity index (χ2v) is 11.7. The van der Waals surface area contributed by atoms with E-state index in [4.69, 9.17) is 14.2 Å². The molecule has 10 nitrogen and oxygen atoms in total. The van der Waals surface area contributed by atoms with Crippen LogP contribution in [0, 0.1) is 5.92 Å². The largest absolute Gasteiger partial charge is 0.493 e. The highest BCUT2D eigenvalue weighted by Gasteiger charge is 2.34. The summed E-state index contributed by atoms with van der Waals surface area (Å²) in [4.78, 5) is 13.5. The van der Waals surface area contributed by atoms with E-state index in [1.807, 2.05) is 13.8 Å². The fourth-order valence-electron chi connectivity index (χ4n) is 4.77. The number of carbonyl (C=O) groups is 1. The van der Waals surface area contributed by atoms with E-state index in [0.717, 1.165) is 25.7 Å². The van der Waals surface area contributed by atoms with Crippen LogP contribution >= 0.6 is 0 Å². The SMILES string of the molecule is COCCCOc1cc(C(=O)N(N[C@@H]2CNC[C@H]2NS(=O)(=O)CC2CCCC2)C(C)C)ccc1OC. The third kappa shape index (κ3) is 8.04. The van der Waals surface area contributed by atoms with E-state index in [-0.39, 0.29) is 35.7 Å². The summed E-state index contributed by atoms with van der Waals surface area (Å²) >= 11 is 0. The van der Waals surface area contributed by atoms with Gasteiger partial charge in [-0.2, -0.15) is 0 Å². The molecule has 1 aliphatic heterocycles. The molecule has 1 heterocycles. The summed E-state index contributed by atoms with van der Waals surface area (Å²) in [5.74, 6) is 1.21. The van der Waals surface area contributed by atoms with Gasteiger partial charge in [-0.1, -0.05) is 12.8 Å². The van der Waals surface area contributed by atoms with E-state index in [1.54, 1.807) is 37.4 Å². The van der Waals surface area contributed by atoms with Crippen LogP contribution in [0.25, 0.3) is 0 Å². The second kappa shape index (κ2) is 13.6. The summed E-state index contributed by atoms with van der Waals surface area (Å²) in [7, 11) is -0.214. The molecule has 0 bridgehead atoms. The molecule has 204 valence electrons. The summed E-state index contributed by atoms with van der Waals surface area (Å²) in [6.07, 6.45) is 4.87. The van der Waals surface area contributed by atoms with Crippen LogP contribution in [0.4, 0.5) is 0 Å². The standard InChI is InChI=1S/C25H42N4O6S/c1-18(2)29(25(30)20-10-11-23(34-4)24(14-20)35-13-7-12-33-3)27-21-15-26-16-22(21)28-36(31,32)17-19-8-5-6-9-19/h10-11,14,18-19,21-22,26-28H,5-9,12-13,15-17H2,1-4H3/t21-,22-/m1/s1. The molecule has 2 fully saturated rings. The average molecular weight is 527 g/mol. The number of ether oxygens (including phenoxy) is 3. The Labute approximate surface area is 215 Å². The number of hydrazine groups is 1. The zero-order valence-corrected chi connectivity index (χ0v) is 22.7. The van der Waals surface area contributed by atoms with Crippen molar-refractivity contribution in [3.63, 3.8) is 0 Å². The number of nitrogens with zero attached hydrogens (tertiary/aromatic N) is 1. The Morgan fingerprint density at radius 3 is 2.50 bits per heavy atom. The number of amides is 1. The van der Waals surface area contributed by atoms with Crippen molar-refractivity contribution >= 4 is 15.9 Å². The minimum absolute atomic E-state index is 0.165. The Balaban J connectivity index is 1.68. The Hall–Kier alpha value is -1.92. The summed E-state index contributed by atoms with van der Waals surface area (Å²) in [6, 6.07) is 4.32. The Bertz CT molecular complexity index is 952. The number of nitrogens with one attached hydrogen (secondary N) is 3. The maximum atomic E-state index is 13.5. The van der Waals surface area contributed by atoms with Gasteiger partial charge in [-0.25, -0.2) is 18.6 Å². The van der Waals surface area contributed by atoms with E-state index < -0.39 is 10.0 Å². The van der Waals surface area contributed by atoms with Gasteiger partial charge in [0.15, 0.2) is 11.5 Å². The lowest BCUT2D eigenvalue weighted by Gasteiger charge is -2.33. The fraction of sp³-hybridized carbons (Fsp3) is 0.720. The van der Waals surface area contributed by atoms with Gasteiger partial charge in [0.05, 0.1) is 31.6 Å². The highest BCUT2D eigenvalue weighted by atomic mass is 32.2. The van der Waals surface area contributed by atoms with E-state index in [0.29, 0.717) is 49.8 Å². The van der Waals surface area contributed by atoms with Crippen LogP contribution in [0.5, 0.6) is 11.5 Å². The predicted molar refractivity (Wildman–Crippen MR) is 139 cm³/mol. The Morgan fingerprint density at radius 1 is 1.11 bits per heavy atom. The first-order valence-electron chi connectivity index (χ1n) is 12.8. The number of hydrogen-bond donors (Lipinski definition) is 3. The Morgan fingerprint density at radius 2 is 1.83 bits per heavy atom. The lowest BCUT2D eigenvalue weighted by Crippen LogP contribution is -2.58. The summed E-state index contributed by atoms with van der Waals surface area (Å²) in [5.41, 5.74) is 3.74. The van der Waals surface area contributed by atoms with E-state index in [1.165, 1.54) is 0 Å². The zero-order valence-electron chi connectivity index (χ0n) is 21.9. The van der Waals surface area contributed by atoms with E-state index in [2.05, 4.69) is 15.5 Å². The molecule has 1 aromatic rings. The third-order valence-electron chi connectivity index (χ3n) is 6.68. The predicted octanol–water partition coefficient (Wildman–Crippen LogP) is 1.92. The van der Waals surface area contributed by atoms with E-state index in [9.17, 15) is 13.2 Å². The first-order valence-corrected chi connectivity index (χ1v) is 14.5. The van der Waals surface area contributed by atoms with Crippen LogP contribution in [0.1, 0.15) is 56.3 Å². The molecule has 0 radical (unpaired) electrons. The molecule has 0 spiro atoms. The number of methoxy groups -OCH3 is 2. The fourth-order valence-corrected chi connectivity index (χ4v) is 6.53. The minimum Gasteiger partial charge on any atom is -0.493 e.